The summed E-state index contributed by atoms with van der Waals surface area (Å²) in [5.41, 5.74) is 0.398. The molecule has 32 heavy (non-hydrogen) atoms. The van der Waals surface area contributed by atoms with Gasteiger partial charge in [0.1, 0.15) is 5.69 Å². The molecule has 0 amide bonds. The number of aryl methyl sites for hydroxylation is 2. The average Bonchev–Trinajstić information content (AvgIpc) is 3.40. The number of fused-ring (bicyclic) bond motifs is 1. The smallest absolute Gasteiger partial charge is 0.332 e. The van der Waals surface area contributed by atoms with Gasteiger partial charge in [-0.2, -0.15) is 9.97 Å². The fraction of sp³-hybridized carbons (Fsp3) is 0.429. The van der Waals surface area contributed by atoms with Crippen LogP contribution in [0.2, 0.25) is 5.28 Å². The summed E-state index contributed by atoms with van der Waals surface area (Å²) in [4.78, 5) is 41.4. The van der Waals surface area contributed by atoms with E-state index in [2.05, 4.69) is 38.9 Å². The number of nitrogens with zero attached hydrogens (tertiary/aromatic N) is 6. The summed E-state index contributed by atoms with van der Waals surface area (Å²) < 4.78 is 8.05. The fourth-order valence-electron chi connectivity index (χ4n) is 3.43. The van der Waals surface area contributed by atoms with E-state index in [4.69, 9.17) is 16.1 Å². The van der Waals surface area contributed by atoms with E-state index in [0.717, 1.165) is 6.42 Å². The van der Waals surface area contributed by atoms with E-state index in [1.165, 1.54) is 9.13 Å². The van der Waals surface area contributed by atoms with Gasteiger partial charge in [0.15, 0.2) is 11.2 Å². The lowest BCUT2D eigenvalue weighted by atomic mass is 10.1. The molecule has 0 bridgehead atoms. The first-order valence-corrected chi connectivity index (χ1v) is 10.9. The van der Waals surface area contributed by atoms with E-state index in [0.29, 0.717) is 54.8 Å². The molecule has 0 unspecified atom stereocenters. The van der Waals surface area contributed by atoms with Crippen molar-refractivity contribution >= 4 is 22.8 Å². The van der Waals surface area contributed by atoms with Gasteiger partial charge in [0.05, 0.1) is 0 Å². The van der Waals surface area contributed by atoms with Gasteiger partial charge in [-0.05, 0) is 48.9 Å². The van der Waals surface area contributed by atoms with Gasteiger partial charge in [-0.1, -0.05) is 25.1 Å². The van der Waals surface area contributed by atoms with Gasteiger partial charge in [0, 0.05) is 25.7 Å². The highest BCUT2D eigenvalue weighted by atomic mass is 35.5. The molecule has 4 aromatic heterocycles. The molecular formula is C21H24ClN7O3. The largest absolute Gasteiger partial charge is 0.339 e. The molecule has 0 fully saturated rings. The van der Waals surface area contributed by atoms with Crippen LogP contribution in [0.4, 0.5) is 0 Å². The fourth-order valence-corrected chi connectivity index (χ4v) is 3.60. The minimum absolute atomic E-state index is 0.0904. The first kappa shape index (κ1) is 21.9. The molecule has 0 radical (unpaired) electrons. The van der Waals surface area contributed by atoms with Gasteiger partial charge in [-0.25, -0.2) is 4.79 Å². The van der Waals surface area contributed by atoms with Crippen molar-refractivity contribution in [3.63, 3.8) is 0 Å². The molecule has 4 rings (SSSR count). The second kappa shape index (κ2) is 9.47. The molecule has 0 saturated heterocycles. The SMILES string of the molecule is CC(C)CCn1c(=O)n(CCCCc2nc(-c3ccccn3)no2)c(=O)c2[nH]c(Cl)nc21. The molecule has 0 atom stereocenters. The molecule has 1 N–H and O–H groups in total. The summed E-state index contributed by atoms with van der Waals surface area (Å²) in [6.07, 6.45) is 4.25. The molecule has 0 aliphatic rings. The first-order chi connectivity index (χ1) is 15.4. The third-order valence-electron chi connectivity index (χ3n) is 5.15. The van der Waals surface area contributed by atoms with Crippen LogP contribution in [0.15, 0.2) is 38.5 Å². The van der Waals surface area contributed by atoms with Crippen LogP contribution in [0, 0.1) is 5.92 Å². The molecule has 0 spiro atoms. The van der Waals surface area contributed by atoms with Gasteiger partial charge in [0.25, 0.3) is 5.56 Å². The number of aromatic amines is 1. The Morgan fingerprint density at radius 3 is 2.72 bits per heavy atom. The topological polar surface area (TPSA) is 124 Å². The Morgan fingerprint density at radius 1 is 1.12 bits per heavy atom. The number of H-pyrrole nitrogens is 1. The van der Waals surface area contributed by atoms with E-state index in [1.54, 1.807) is 6.20 Å². The number of nitrogens with one attached hydrogen (secondary N) is 1. The first-order valence-electron chi connectivity index (χ1n) is 10.6. The highest BCUT2D eigenvalue weighted by Gasteiger charge is 2.17. The second-order valence-corrected chi connectivity index (χ2v) is 8.34. The van der Waals surface area contributed by atoms with E-state index >= 15 is 0 Å². The van der Waals surface area contributed by atoms with Crippen molar-refractivity contribution in [3.8, 4) is 11.5 Å². The maximum Gasteiger partial charge on any atom is 0.332 e. The number of unbranched alkanes of at least 4 members (excludes halogenated alkanes) is 1. The van der Waals surface area contributed by atoms with Crippen LogP contribution in [-0.4, -0.2) is 34.2 Å². The Kier molecular flexibility index (Phi) is 6.50. The number of hydrogen-bond donors (Lipinski definition) is 1. The summed E-state index contributed by atoms with van der Waals surface area (Å²) in [5, 5.41) is 4.04. The molecule has 168 valence electrons. The monoisotopic (exact) mass is 457 g/mol. The summed E-state index contributed by atoms with van der Waals surface area (Å²) in [5.74, 6) is 1.33. The normalized spacial score (nSPS) is 11.6. The lowest BCUT2D eigenvalue weighted by Gasteiger charge is -2.12. The average molecular weight is 458 g/mol. The minimum Gasteiger partial charge on any atom is -0.339 e. The Morgan fingerprint density at radius 2 is 1.97 bits per heavy atom. The zero-order chi connectivity index (χ0) is 22.7. The van der Waals surface area contributed by atoms with Crippen molar-refractivity contribution in [2.45, 2.75) is 52.6 Å². The predicted octanol–water partition coefficient (Wildman–Crippen LogP) is 3.05. The second-order valence-electron chi connectivity index (χ2n) is 7.98. The molecule has 10 nitrogen and oxygen atoms in total. The summed E-state index contributed by atoms with van der Waals surface area (Å²) >= 11 is 5.98. The maximum absolute atomic E-state index is 13.0. The summed E-state index contributed by atoms with van der Waals surface area (Å²) in [6.45, 7) is 4.89. The third-order valence-corrected chi connectivity index (χ3v) is 5.33. The number of pyridine rings is 1. The van der Waals surface area contributed by atoms with Crippen LogP contribution in [0.5, 0.6) is 0 Å². The van der Waals surface area contributed by atoms with Gasteiger partial charge in [0.2, 0.25) is 17.0 Å². The molecular weight excluding hydrogens is 434 g/mol. The Labute approximate surface area is 188 Å². The van der Waals surface area contributed by atoms with Crippen LogP contribution >= 0.6 is 11.6 Å². The van der Waals surface area contributed by atoms with Crippen molar-refractivity contribution in [3.05, 3.63) is 56.4 Å². The Hall–Kier alpha value is -3.27. The highest BCUT2D eigenvalue weighted by Crippen LogP contribution is 2.14. The molecule has 0 aliphatic heterocycles. The van der Waals surface area contributed by atoms with Crippen LogP contribution in [0.1, 0.15) is 39.0 Å². The number of hydrogen-bond acceptors (Lipinski definition) is 7. The minimum atomic E-state index is -0.416. The number of halogens is 1. The number of rotatable bonds is 9. The molecule has 11 heteroatoms. The zero-order valence-electron chi connectivity index (χ0n) is 17.9. The molecule has 0 aliphatic carbocycles. The molecule has 4 heterocycles. The van der Waals surface area contributed by atoms with E-state index < -0.39 is 5.56 Å². The van der Waals surface area contributed by atoms with Gasteiger partial charge in [-0.15, -0.1) is 0 Å². The van der Waals surface area contributed by atoms with Crippen molar-refractivity contribution in [1.29, 1.82) is 0 Å². The molecule has 0 saturated carbocycles. The third kappa shape index (κ3) is 4.64. The molecule has 0 aromatic carbocycles. The Bertz CT molecular complexity index is 1320. The zero-order valence-corrected chi connectivity index (χ0v) is 18.7. The van der Waals surface area contributed by atoms with E-state index in [-0.39, 0.29) is 23.0 Å². The quantitative estimate of drug-likeness (QED) is 0.302. The van der Waals surface area contributed by atoms with Crippen LogP contribution in [-0.2, 0) is 19.5 Å². The van der Waals surface area contributed by atoms with E-state index in [1.807, 2.05) is 18.2 Å². The van der Waals surface area contributed by atoms with Crippen molar-refractivity contribution in [2.24, 2.45) is 5.92 Å². The highest BCUT2D eigenvalue weighted by molar-refractivity contribution is 6.28. The summed E-state index contributed by atoms with van der Waals surface area (Å²) in [6, 6.07) is 5.48. The number of imidazole rings is 1. The van der Waals surface area contributed by atoms with Gasteiger partial charge < -0.3 is 9.51 Å². The maximum atomic E-state index is 13.0. The van der Waals surface area contributed by atoms with Crippen molar-refractivity contribution in [2.75, 3.05) is 0 Å². The number of aromatic nitrogens is 7. The Balaban J connectivity index is 1.47. The van der Waals surface area contributed by atoms with Crippen molar-refractivity contribution < 1.29 is 4.52 Å². The van der Waals surface area contributed by atoms with Crippen LogP contribution < -0.4 is 11.2 Å². The summed E-state index contributed by atoms with van der Waals surface area (Å²) in [7, 11) is 0. The lowest BCUT2D eigenvalue weighted by Crippen LogP contribution is -2.40. The molecule has 4 aromatic rings. The van der Waals surface area contributed by atoms with Crippen molar-refractivity contribution in [1.82, 2.24) is 34.2 Å². The lowest BCUT2D eigenvalue weighted by molar-refractivity contribution is 0.372. The van der Waals surface area contributed by atoms with Crippen LogP contribution in [0.3, 0.4) is 0 Å². The van der Waals surface area contributed by atoms with Gasteiger partial charge in [-0.3, -0.25) is 18.9 Å². The van der Waals surface area contributed by atoms with Gasteiger partial charge >= 0.3 is 5.69 Å². The van der Waals surface area contributed by atoms with E-state index in [9.17, 15) is 9.59 Å². The standard InChI is InChI=1S/C21H24ClN7O3/c1-13(2)9-12-28-18-16(25-20(22)26-18)19(30)29(21(28)31)11-6-4-8-15-24-17(27-32-15)14-7-3-5-10-23-14/h3,5,7,10,13H,4,6,8-9,11-12H2,1-2H3,(H,25,26). The van der Waals surface area contributed by atoms with Crippen LogP contribution in [0.25, 0.3) is 22.7 Å². The predicted molar refractivity (Wildman–Crippen MR) is 120 cm³/mol.